The number of carboxylic acid groups (broad SMARTS) is 1. The van der Waals surface area contributed by atoms with E-state index in [9.17, 15) is 9.90 Å². The third kappa shape index (κ3) is 5.03. The third-order valence-electron chi connectivity index (χ3n) is 4.86. The highest BCUT2D eigenvalue weighted by Gasteiger charge is 2.21. The van der Waals surface area contributed by atoms with E-state index in [0.29, 0.717) is 18.3 Å². The zero-order chi connectivity index (χ0) is 18.4. The number of rotatable bonds is 7. The lowest BCUT2D eigenvalue weighted by molar-refractivity contribution is 0.0690. The first-order valence-corrected chi connectivity index (χ1v) is 9.01. The molecule has 3 N–H and O–H groups in total. The minimum absolute atomic E-state index is 0.0553. The molecule has 0 radical (unpaired) electrons. The van der Waals surface area contributed by atoms with Crippen LogP contribution < -0.4 is 5.32 Å². The molecule has 0 saturated carbocycles. The van der Waals surface area contributed by atoms with E-state index in [2.05, 4.69) is 15.2 Å². The lowest BCUT2D eigenvalue weighted by Gasteiger charge is -2.33. The van der Waals surface area contributed by atoms with Gasteiger partial charge in [0.05, 0.1) is 6.10 Å². The summed E-state index contributed by atoms with van der Waals surface area (Å²) in [7, 11) is 0. The fraction of sp³-hybridized carbons (Fsp3) is 0.400. The molecule has 0 amide bonds. The van der Waals surface area contributed by atoms with Crippen molar-refractivity contribution < 1.29 is 15.0 Å². The van der Waals surface area contributed by atoms with E-state index in [1.807, 2.05) is 30.3 Å². The molecule has 1 aliphatic heterocycles. The highest BCUT2D eigenvalue weighted by molar-refractivity contribution is 5.85. The molecule has 2 heterocycles. The number of β-amino-alcohol motifs (C(OH)–C–C–N with tert-alkyl or cyclic N) is 1. The SMILES string of the molecule is O=C(O)c1cccc(NCC2CCN(CC(O)c3ccccc3)CC2)n1. The molecule has 3 rings (SSSR count). The van der Waals surface area contributed by atoms with Crippen LogP contribution in [0.4, 0.5) is 5.82 Å². The first-order valence-electron chi connectivity index (χ1n) is 9.01. The number of carbonyl (C=O) groups is 1. The van der Waals surface area contributed by atoms with Crippen molar-refractivity contribution in [2.24, 2.45) is 5.92 Å². The summed E-state index contributed by atoms with van der Waals surface area (Å²) < 4.78 is 0. The van der Waals surface area contributed by atoms with E-state index in [0.717, 1.165) is 38.0 Å². The van der Waals surface area contributed by atoms with Crippen molar-refractivity contribution in [1.82, 2.24) is 9.88 Å². The van der Waals surface area contributed by atoms with Crippen LogP contribution in [-0.4, -0.2) is 52.2 Å². The van der Waals surface area contributed by atoms with Gasteiger partial charge in [-0.1, -0.05) is 36.4 Å². The van der Waals surface area contributed by atoms with E-state index in [-0.39, 0.29) is 5.69 Å². The Morgan fingerprint density at radius 3 is 2.58 bits per heavy atom. The van der Waals surface area contributed by atoms with Crippen LogP contribution in [0, 0.1) is 5.92 Å². The number of piperidine rings is 1. The van der Waals surface area contributed by atoms with Gasteiger partial charge in [-0.3, -0.25) is 0 Å². The topological polar surface area (TPSA) is 85.7 Å². The largest absolute Gasteiger partial charge is 0.477 e. The van der Waals surface area contributed by atoms with Gasteiger partial charge in [0, 0.05) is 13.1 Å². The molecule has 1 saturated heterocycles. The van der Waals surface area contributed by atoms with Gasteiger partial charge >= 0.3 is 5.97 Å². The van der Waals surface area contributed by atoms with Gasteiger partial charge in [-0.2, -0.15) is 0 Å². The quantitative estimate of drug-likeness (QED) is 0.708. The van der Waals surface area contributed by atoms with Gasteiger partial charge in [0.25, 0.3) is 0 Å². The summed E-state index contributed by atoms with van der Waals surface area (Å²) in [5.74, 6) is 0.112. The minimum Gasteiger partial charge on any atom is -0.477 e. The van der Waals surface area contributed by atoms with Gasteiger partial charge in [0.15, 0.2) is 5.69 Å². The molecular weight excluding hydrogens is 330 g/mol. The molecule has 138 valence electrons. The number of nitrogens with one attached hydrogen (secondary N) is 1. The van der Waals surface area contributed by atoms with Crippen LogP contribution in [0.25, 0.3) is 0 Å². The Kier molecular flexibility index (Phi) is 6.20. The number of aliphatic hydroxyl groups is 1. The predicted molar refractivity (Wildman–Crippen MR) is 100 cm³/mol. The first kappa shape index (κ1) is 18.4. The molecule has 1 fully saturated rings. The average molecular weight is 355 g/mol. The number of likely N-dealkylation sites (tertiary alicyclic amines) is 1. The molecule has 26 heavy (non-hydrogen) atoms. The van der Waals surface area contributed by atoms with E-state index in [1.165, 1.54) is 6.07 Å². The van der Waals surface area contributed by atoms with Crippen molar-refractivity contribution in [3.63, 3.8) is 0 Å². The molecule has 0 aliphatic carbocycles. The van der Waals surface area contributed by atoms with Crippen molar-refractivity contribution >= 4 is 11.8 Å². The fourth-order valence-corrected chi connectivity index (χ4v) is 3.30. The van der Waals surface area contributed by atoms with E-state index >= 15 is 0 Å². The van der Waals surface area contributed by atoms with Crippen molar-refractivity contribution in [3.8, 4) is 0 Å². The van der Waals surface area contributed by atoms with Crippen LogP contribution in [-0.2, 0) is 0 Å². The van der Waals surface area contributed by atoms with Crippen molar-refractivity contribution in [3.05, 3.63) is 59.8 Å². The van der Waals surface area contributed by atoms with E-state index in [1.54, 1.807) is 12.1 Å². The first-order chi connectivity index (χ1) is 12.6. The molecular formula is C20H25N3O3. The molecule has 1 unspecified atom stereocenters. The number of benzene rings is 1. The van der Waals surface area contributed by atoms with Gasteiger partial charge in [-0.05, 0) is 49.5 Å². The lowest BCUT2D eigenvalue weighted by Crippen LogP contribution is -2.38. The lowest BCUT2D eigenvalue weighted by atomic mass is 9.96. The molecule has 0 spiro atoms. The molecule has 6 heteroatoms. The summed E-state index contributed by atoms with van der Waals surface area (Å²) in [6, 6.07) is 14.7. The predicted octanol–water partition coefficient (Wildman–Crippen LogP) is 2.64. The number of nitrogens with zero attached hydrogens (tertiary/aromatic N) is 2. The van der Waals surface area contributed by atoms with Crippen LogP contribution in [0.2, 0.25) is 0 Å². The standard InChI is InChI=1S/C20H25N3O3/c24-18(16-5-2-1-3-6-16)14-23-11-9-15(10-12-23)13-21-19-8-4-7-17(22-19)20(25)26/h1-8,15,18,24H,9-14H2,(H,21,22)(H,25,26). The van der Waals surface area contributed by atoms with Crippen LogP contribution in [0.1, 0.15) is 35.0 Å². The minimum atomic E-state index is -1.01. The average Bonchev–Trinajstić information content (AvgIpc) is 2.68. The van der Waals surface area contributed by atoms with Gasteiger partial charge in [-0.15, -0.1) is 0 Å². The number of aromatic carboxylic acids is 1. The monoisotopic (exact) mass is 355 g/mol. The molecule has 2 aromatic rings. The van der Waals surface area contributed by atoms with Crippen molar-refractivity contribution in [2.75, 3.05) is 31.5 Å². The van der Waals surface area contributed by atoms with Gasteiger partial charge in [0.2, 0.25) is 0 Å². The molecule has 1 atom stereocenters. The van der Waals surface area contributed by atoms with Crippen molar-refractivity contribution in [2.45, 2.75) is 18.9 Å². The number of aliphatic hydroxyl groups excluding tert-OH is 1. The fourth-order valence-electron chi connectivity index (χ4n) is 3.30. The van der Waals surface area contributed by atoms with Gasteiger partial charge in [0.1, 0.15) is 5.82 Å². The highest BCUT2D eigenvalue weighted by Crippen LogP contribution is 2.21. The Bertz CT molecular complexity index is 715. The van der Waals surface area contributed by atoms with Gasteiger partial charge < -0.3 is 20.4 Å². The van der Waals surface area contributed by atoms with Crippen LogP contribution in [0.3, 0.4) is 0 Å². The van der Waals surface area contributed by atoms with E-state index in [4.69, 9.17) is 5.11 Å². The van der Waals surface area contributed by atoms with Crippen molar-refractivity contribution in [1.29, 1.82) is 0 Å². The van der Waals surface area contributed by atoms with Crippen LogP contribution in [0.5, 0.6) is 0 Å². The normalized spacial score (nSPS) is 17.0. The zero-order valence-corrected chi connectivity index (χ0v) is 14.7. The summed E-state index contributed by atoms with van der Waals surface area (Å²) >= 11 is 0. The van der Waals surface area contributed by atoms with E-state index < -0.39 is 12.1 Å². The molecule has 0 bridgehead atoms. The third-order valence-corrected chi connectivity index (χ3v) is 4.86. The second kappa shape index (κ2) is 8.78. The zero-order valence-electron chi connectivity index (χ0n) is 14.7. The summed E-state index contributed by atoms with van der Waals surface area (Å²) in [4.78, 5) is 17.4. The second-order valence-electron chi connectivity index (χ2n) is 6.76. The Balaban J connectivity index is 1.42. The number of hydrogen-bond acceptors (Lipinski definition) is 5. The summed E-state index contributed by atoms with van der Waals surface area (Å²) in [6.45, 7) is 3.36. The number of pyridine rings is 1. The van der Waals surface area contributed by atoms with Gasteiger partial charge in [-0.25, -0.2) is 9.78 Å². The second-order valence-corrected chi connectivity index (χ2v) is 6.76. The summed E-state index contributed by atoms with van der Waals surface area (Å²) in [6.07, 6.45) is 1.65. The van der Waals surface area contributed by atoms with Crippen LogP contribution >= 0.6 is 0 Å². The Hall–Kier alpha value is -2.44. The molecule has 1 aromatic carbocycles. The number of hydrogen-bond donors (Lipinski definition) is 3. The number of carboxylic acids is 1. The van der Waals surface area contributed by atoms with Crippen LogP contribution in [0.15, 0.2) is 48.5 Å². The highest BCUT2D eigenvalue weighted by atomic mass is 16.4. The number of anilines is 1. The molecule has 1 aromatic heterocycles. The summed E-state index contributed by atoms with van der Waals surface area (Å²) in [5, 5.41) is 22.6. The Morgan fingerprint density at radius 1 is 1.15 bits per heavy atom. The maximum Gasteiger partial charge on any atom is 0.354 e. The summed E-state index contributed by atoms with van der Waals surface area (Å²) in [5.41, 5.74) is 1.01. The Morgan fingerprint density at radius 2 is 1.88 bits per heavy atom. The maximum absolute atomic E-state index is 11.0. The number of aromatic nitrogens is 1. The molecule has 6 nitrogen and oxygen atoms in total. The molecule has 1 aliphatic rings. The smallest absolute Gasteiger partial charge is 0.354 e. The Labute approximate surface area is 153 Å². The maximum atomic E-state index is 11.0.